The molecule has 4 rings (SSSR count). The van der Waals surface area contributed by atoms with Crippen LogP contribution in [0.4, 0.5) is 10.1 Å². The number of nitrogens with zero attached hydrogens (tertiary/aromatic N) is 1. The van der Waals surface area contributed by atoms with E-state index >= 15 is 0 Å². The lowest BCUT2D eigenvalue weighted by atomic mass is 10.1. The predicted octanol–water partition coefficient (Wildman–Crippen LogP) is 4.61. The monoisotopic (exact) mass is 457 g/mol. The van der Waals surface area contributed by atoms with Crippen molar-refractivity contribution in [3.8, 4) is 11.5 Å². The van der Waals surface area contributed by atoms with Gasteiger partial charge < -0.3 is 9.47 Å². The Morgan fingerprint density at radius 1 is 0.765 bits per heavy atom. The number of imide groups is 1. The van der Waals surface area contributed by atoms with Crippen LogP contribution in [0, 0.1) is 5.82 Å². The van der Waals surface area contributed by atoms with Gasteiger partial charge in [-0.2, -0.15) is 0 Å². The number of carbonyl (C=O) groups is 3. The summed E-state index contributed by atoms with van der Waals surface area (Å²) in [5.74, 6) is -0.0859. The Bertz CT molecular complexity index is 1230. The molecule has 0 N–H and O–H groups in total. The van der Waals surface area contributed by atoms with Crippen molar-refractivity contribution >= 4 is 29.4 Å². The molecule has 0 fully saturated rings. The molecule has 6 nitrogen and oxygen atoms in total. The van der Waals surface area contributed by atoms with Crippen LogP contribution in [-0.4, -0.2) is 30.8 Å². The summed E-state index contributed by atoms with van der Waals surface area (Å²) < 4.78 is 24.3. The number of ketones is 1. The Hall–Kier alpha value is -4.52. The molecule has 0 radical (unpaired) electrons. The summed E-state index contributed by atoms with van der Waals surface area (Å²) in [6.45, 7) is 0.614. The van der Waals surface area contributed by atoms with Crippen LogP contribution in [0.25, 0.3) is 6.08 Å². The van der Waals surface area contributed by atoms with E-state index in [1.165, 1.54) is 42.5 Å². The molecule has 0 aromatic heterocycles. The molecule has 7 heteroatoms. The fourth-order valence-electron chi connectivity index (χ4n) is 3.22. The number of anilines is 1. The van der Waals surface area contributed by atoms with Gasteiger partial charge in [-0.3, -0.25) is 14.4 Å². The minimum absolute atomic E-state index is 0.208. The molecular weight excluding hydrogens is 437 g/mol. The van der Waals surface area contributed by atoms with Crippen LogP contribution < -0.4 is 14.4 Å². The maximum absolute atomic E-state index is 13.0. The van der Waals surface area contributed by atoms with E-state index < -0.39 is 0 Å². The molecule has 1 aliphatic rings. The molecule has 1 heterocycles. The van der Waals surface area contributed by atoms with Crippen LogP contribution in [0.15, 0.2) is 91.0 Å². The minimum atomic E-state index is -0.384. The molecule has 0 saturated carbocycles. The van der Waals surface area contributed by atoms with E-state index in [0.717, 1.165) is 10.5 Å². The fraction of sp³-hybridized carbons (Fsp3) is 0.0741. The van der Waals surface area contributed by atoms with E-state index in [2.05, 4.69) is 0 Å². The number of benzene rings is 3. The van der Waals surface area contributed by atoms with E-state index in [1.54, 1.807) is 42.5 Å². The smallest absolute Gasteiger partial charge is 0.258 e. The minimum Gasteiger partial charge on any atom is -0.490 e. The Morgan fingerprint density at radius 3 is 1.85 bits per heavy atom. The van der Waals surface area contributed by atoms with Gasteiger partial charge in [0.15, 0.2) is 5.78 Å². The van der Waals surface area contributed by atoms with Gasteiger partial charge in [0.1, 0.15) is 30.5 Å². The van der Waals surface area contributed by atoms with Crippen molar-refractivity contribution in [1.82, 2.24) is 0 Å². The molecule has 0 saturated heterocycles. The maximum Gasteiger partial charge on any atom is 0.258 e. The summed E-state index contributed by atoms with van der Waals surface area (Å²) >= 11 is 0. The molecule has 0 unspecified atom stereocenters. The first-order valence-electron chi connectivity index (χ1n) is 10.5. The van der Waals surface area contributed by atoms with Crippen molar-refractivity contribution in [3.63, 3.8) is 0 Å². The molecular formula is C27H20FNO5. The first kappa shape index (κ1) is 22.7. The van der Waals surface area contributed by atoms with Crippen molar-refractivity contribution in [2.24, 2.45) is 0 Å². The van der Waals surface area contributed by atoms with E-state index in [9.17, 15) is 18.8 Å². The molecule has 0 aliphatic carbocycles. The van der Waals surface area contributed by atoms with E-state index in [-0.39, 0.29) is 23.4 Å². The van der Waals surface area contributed by atoms with Gasteiger partial charge in [0.2, 0.25) is 0 Å². The van der Waals surface area contributed by atoms with E-state index in [4.69, 9.17) is 9.47 Å². The number of hydrogen-bond acceptors (Lipinski definition) is 5. The normalized spacial score (nSPS) is 13.0. The summed E-state index contributed by atoms with van der Waals surface area (Å²) in [5, 5.41) is 0. The summed E-state index contributed by atoms with van der Waals surface area (Å²) in [4.78, 5) is 36.6. The molecule has 0 spiro atoms. The zero-order valence-corrected chi connectivity index (χ0v) is 18.0. The number of allylic oxidation sites excluding steroid dienone is 1. The van der Waals surface area contributed by atoms with Crippen LogP contribution in [0.3, 0.4) is 0 Å². The van der Waals surface area contributed by atoms with Gasteiger partial charge in [-0.1, -0.05) is 18.2 Å². The number of rotatable bonds is 9. The van der Waals surface area contributed by atoms with E-state index in [1.807, 2.05) is 12.1 Å². The van der Waals surface area contributed by atoms with Gasteiger partial charge in [-0.15, -0.1) is 0 Å². The van der Waals surface area contributed by atoms with Gasteiger partial charge in [0.25, 0.3) is 11.8 Å². The highest BCUT2D eigenvalue weighted by Crippen LogP contribution is 2.22. The summed E-state index contributed by atoms with van der Waals surface area (Å²) in [6.07, 6.45) is 5.59. The van der Waals surface area contributed by atoms with Gasteiger partial charge in [-0.25, -0.2) is 9.29 Å². The second-order valence-electron chi connectivity index (χ2n) is 7.31. The third-order valence-electron chi connectivity index (χ3n) is 4.96. The average Bonchev–Trinajstić information content (AvgIpc) is 3.19. The highest BCUT2D eigenvalue weighted by molar-refractivity contribution is 6.28. The second kappa shape index (κ2) is 10.4. The quantitative estimate of drug-likeness (QED) is 0.203. The Morgan fingerprint density at radius 2 is 1.29 bits per heavy atom. The lowest BCUT2D eigenvalue weighted by molar-refractivity contribution is -0.119. The lowest BCUT2D eigenvalue weighted by Gasteiger charge is -2.14. The third-order valence-corrected chi connectivity index (χ3v) is 4.96. The van der Waals surface area contributed by atoms with E-state index in [0.29, 0.717) is 36.0 Å². The molecule has 0 atom stereocenters. The van der Waals surface area contributed by atoms with Crippen LogP contribution in [-0.2, 0) is 9.59 Å². The van der Waals surface area contributed by atoms with Crippen molar-refractivity contribution in [3.05, 3.63) is 108 Å². The van der Waals surface area contributed by atoms with Gasteiger partial charge in [0.05, 0.1) is 5.69 Å². The first-order chi connectivity index (χ1) is 16.5. The third kappa shape index (κ3) is 5.63. The SMILES string of the molecule is O=C(C=Cc1ccc(OCCOc2ccc(N3C(=O)C=CC3=O)cc2)cc1)c1ccc(F)cc1. The van der Waals surface area contributed by atoms with Crippen molar-refractivity contribution in [1.29, 1.82) is 0 Å². The largest absolute Gasteiger partial charge is 0.490 e. The lowest BCUT2D eigenvalue weighted by Crippen LogP contribution is -2.29. The summed E-state index contributed by atoms with van der Waals surface area (Å²) in [7, 11) is 0. The first-order valence-corrected chi connectivity index (χ1v) is 10.5. The number of halogens is 1. The molecule has 3 aromatic rings. The second-order valence-corrected chi connectivity index (χ2v) is 7.31. The van der Waals surface area contributed by atoms with Crippen molar-refractivity contribution in [2.45, 2.75) is 0 Å². The van der Waals surface area contributed by atoms with Crippen molar-refractivity contribution < 1.29 is 28.2 Å². The highest BCUT2D eigenvalue weighted by Gasteiger charge is 2.24. The van der Waals surface area contributed by atoms with Crippen LogP contribution in [0.5, 0.6) is 11.5 Å². The van der Waals surface area contributed by atoms with Crippen LogP contribution in [0.1, 0.15) is 15.9 Å². The molecule has 34 heavy (non-hydrogen) atoms. The number of hydrogen-bond donors (Lipinski definition) is 0. The Labute approximate surface area is 195 Å². The zero-order valence-electron chi connectivity index (χ0n) is 18.0. The molecule has 170 valence electrons. The molecule has 0 bridgehead atoms. The van der Waals surface area contributed by atoms with Gasteiger partial charge in [-0.05, 0) is 72.3 Å². The molecule has 1 aliphatic heterocycles. The average molecular weight is 457 g/mol. The van der Waals surface area contributed by atoms with Crippen LogP contribution in [0.2, 0.25) is 0 Å². The molecule has 3 aromatic carbocycles. The fourth-order valence-corrected chi connectivity index (χ4v) is 3.22. The van der Waals surface area contributed by atoms with Gasteiger partial charge >= 0.3 is 0 Å². The Balaban J connectivity index is 1.22. The highest BCUT2D eigenvalue weighted by atomic mass is 19.1. The number of amides is 2. The Kier molecular flexibility index (Phi) is 6.93. The number of carbonyl (C=O) groups excluding carboxylic acids is 3. The standard InChI is InChI=1S/C27H20FNO5/c28-21-6-4-20(5-7-21)25(30)14-3-19-1-10-23(11-2-19)33-17-18-34-24-12-8-22(9-13-24)29-26(31)15-16-27(29)32/h1-16H,17-18H2. The molecule has 2 amide bonds. The van der Waals surface area contributed by atoms with Crippen molar-refractivity contribution in [2.75, 3.05) is 18.1 Å². The summed E-state index contributed by atoms with van der Waals surface area (Å²) in [6, 6.07) is 19.3. The zero-order chi connectivity index (χ0) is 23.9. The number of ether oxygens (including phenoxy) is 2. The summed E-state index contributed by atoms with van der Waals surface area (Å²) in [5.41, 5.74) is 1.73. The maximum atomic E-state index is 13.0. The van der Waals surface area contributed by atoms with Gasteiger partial charge in [0, 0.05) is 17.7 Å². The topological polar surface area (TPSA) is 72.9 Å². The predicted molar refractivity (Wildman–Crippen MR) is 125 cm³/mol. The van der Waals surface area contributed by atoms with Crippen LogP contribution >= 0.6 is 0 Å².